The number of imidazole rings is 1. The summed E-state index contributed by atoms with van der Waals surface area (Å²) in [5.41, 5.74) is 5.18. The predicted octanol–water partition coefficient (Wildman–Crippen LogP) is 3.57. The molecule has 0 fully saturated rings. The summed E-state index contributed by atoms with van der Waals surface area (Å²) in [7, 11) is 1.76. The minimum atomic E-state index is -0.232. The van der Waals surface area contributed by atoms with Crippen LogP contribution in [0, 0.1) is 13.8 Å². The molecule has 0 atom stereocenters. The fourth-order valence-electron chi connectivity index (χ4n) is 3.23. The van der Waals surface area contributed by atoms with Crippen LogP contribution in [-0.2, 0) is 17.9 Å². The lowest BCUT2D eigenvalue weighted by Gasteiger charge is -2.17. The Morgan fingerprint density at radius 3 is 2.26 bits per heavy atom. The molecule has 1 amide bonds. The molecule has 0 saturated heterocycles. The van der Waals surface area contributed by atoms with Crippen molar-refractivity contribution in [3.63, 3.8) is 0 Å². The Balaban J connectivity index is 1.98. The number of aryl methyl sites for hydroxylation is 2. The number of hydrogen-bond acceptors (Lipinski definition) is 2. The van der Waals surface area contributed by atoms with Crippen LogP contribution >= 0.6 is 0 Å². The molecule has 27 heavy (non-hydrogen) atoms. The second-order valence-electron chi connectivity index (χ2n) is 7.10. The molecule has 2 aromatic carbocycles. The highest BCUT2D eigenvalue weighted by atomic mass is 16.2. The maximum Gasteiger partial charge on any atom is 0.333 e. The Hall–Kier alpha value is -3.08. The van der Waals surface area contributed by atoms with E-state index in [-0.39, 0.29) is 18.1 Å². The summed E-state index contributed by atoms with van der Waals surface area (Å²) < 4.78 is 3.12. The van der Waals surface area contributed by atoms with Gasteiger partial charge < -0.3 is 4.90 Å². The first kappa shape index (κ1) is 18.7. The van der Waals surface area contributed by atoms with Gasteiger partial charge in [-0.15, -0.1) is 0 Å². The summed E-state index contributed by atoms with van der Waals surface area (Å²) >= 11 is 0. The number of amides is 1. The maximum atomic E-state index is 13.0. The van der Waals surface area contributed by atoms with Gasteiger partial charge in [-0.25, -0.2) is 4.79 Å². The van der Waals surface area contributed by atoms with Gasteiger partial charge in [-0.1, -0.05) is 36.9 Å². The molecule has 1 heterocycles. The lowest BCUT2D eigenvalue weighted by Crippen LogP contribution is -2.34. The Morgan fingerprint density at radius 2 is 1.67 bits per heavy atom. The van der Waals surface area contributed by atoms with E-state index in [1.54, 1.807) is 28.0 Å². The zero-order valence-electron chi connectivity index (χ0n) is 16.3. The van der Waals surface area contributed by atoms with E-state index in [1.807, 2.05) is 56.3 Å². The van der Waals surface area contributed by atoms with Crippen molar-refractivity contribution in [2.24, 2.45) is 0 Å². The summed E-state index contributed by atoms with van der Waals surface area (Å²) in [5.74, 6) is -0.111. The van der Waals surface area contributed by atoms with Gasteiger partial charge in [0.1, 0.15) is 6.54 Å². The van der Waals surface area contributed by atoms with E-state index < -0.39 is 0 Å². The first-order chi connectivity index (χ1) is 12.8. The molecule has 0 radical (unpaired) electrons. The first-order valence-electron chi connectivity index (χ1n) is 8.96. The summed E-state index contributed by atoms with van der Waals surface area (Å²) in [6.45, 7) is 10.2. The molecule has 0 N–H and O–H groups in total. The number of hydrogen-bond donors (Lipinski definition) is 0. The molecule has 5 nitrogen and oxygen atoms in total. The minimum Gasteiger partial charge on any atom is -0.340 e. The molecule has 0 spiro atoms. The van der Waals surface area contributed by atoms with Gasteiger partial charge in [0.05, 0.1) is 11.0 Å². The molecule has 0 aliphatic heterocycles. The van der Waals surface area contributed by atoms with Gasteiger partial charge in [-0.05, 0) is 49.6 Å². The average Bonchev–Trinajstić information content (AvgIpc) is 2.87. The number of nitrogens with zero attached hydrogens (tertiary/aromatic N) is 3. The molecule has 0 saturated carbocycles. The Kier molecular flexibility index (Phi) is 5.04. The maximum absolute atomic E-state index is 13.0. The average molecular weight is 363 g/mol. The van der Waals surface area contributed by atoms with E-state index in [9.17, 15) is 9.59 Å². The highest BCUT2D eigenvalue weighted by Crippen LogP contribution is 2.21. The van der Waals surface area contributed by atoms with Crippen molar-refractivity contribution in [1.29, 1.82) is 0 Å². The quantitative estimate of drug-likeness (QED) is 0.696. The number of benzene rings is 2. The van der Waals surface area contributed by atoms with Crippen molar-refractivity contribution in [3.05, 3.63) is 76.2 Å². The van der Waals surface area contributed by atoms with E-state index >= 15 is 0 Å². The monoisotopic (exact) mass is 363 g/mol. The van der Waals surface area contributed by atoms with Crippen molar-refractivity contribution in [2.45, 2.75) is 33.9 Å². The fraction of sp³-hybridized carbons (Fsp3) is 0.273. The SMILES string of the molecule is C=C(C)n1c(=O)n(CC(=O)N(C)Cc2ccccc2)c2cc(C)c(C)cc21. The van der Waals surface area contributed by atoms with Crippen molar-refractivity contribution in [2.75, 3.05) is 7.05 Å². The highest BCUT2D eigenvalue weighted by Gasteiger charge is 2.19. The van der Waals surface area contributed by atoms with Gasteiger partial charge in [0.25, 0.3) is 0 Å². The number of rotatable bonds is 5. The van der Waals surface area contributed by atoms with Gasteiger partial charge in [-0.3, -0.25) is 13.9 Å². The van der Waals surface area contributed by atoms with Crippen LogP contribution in [0.4, 0.5) is 0 Å². The fourth-order valence-corrected chi connectivity index (χ4v) is 3.23. The smallest absolute Gasteiger partial charge is 0.333 e. The number of fused-ring (bicyclic) bond motifs is 1. The molecule has 0 aliphatic rings. The summed E-state index contributed by atoms with van der Waals surface area (Å²) in [4.78, 5) is 27.4. The van der Waals surface area contributed by atoms with Crippen LogP contribution in [0.1, 0.15) is 23.6 Å². The number of carbonyl (C=O) groups excluding carboxylic acids is 1. The Bertz CT molecular complexity index is 1070. The molecule has 0 aliphatic carbocycles. The molecule has 140 valence electrons. The molecular formula is C22H25N3O2. The Labute approximate surface area is 159 Å². The van der Waals surface area contributed by atoms with Crippen molar-refractivity contribution < 1.29 is 4.79 Å². The van der Waals surface area contributed by atoms with Crippen LogP contribution in [0.5, 0.6) is 0 Å². The van der Waals surface area contributed by atoms with Crippen LogP contribution in [0.3, 0.4) is 0 Å². The first-order valence-corrected chi connectivity index (χ1v) is 8.96. The third-order valence-corrected chi connectivity index (χ3v) is 4.91. The van der Waals surface area contributed by atoms with Crippen molar-refractivity contribution >= 4 is 22.6 Å². The topological polar surface area (TPSA) is 47.2 Å². The molecular weight excluding hydrogens is 338 g/mol. The third kappa shape index (κ3) is 3.58. The second-order valence-corrected chi connectivity index (χ2v) is 7.10. The number of carbonyl (C=O) groups is 1. The molecule has 0 unspecified atom stereocenters. The van der Waals surface area contributed by atoms with Crippen LogP contribution in [0.15, 0.2) is 53.8 Å². The standard InChI is InChI=1S/C22H25N3O2/c1-15(2)25-20-12-17(4)16(3)11-19(20)24(22(25)27)14-21(26)23(5)13-18-9-7-6-8-10-18/h6-12H,1,13-14H2,2-5H3. The molecule has 3 rings (SSSR count). The van der Waals surface area contributed by atoms with E-state index in [0.717, 1.165) is 27.7 Å². The van der Waals surface area contributed by atoms with E-state index in [4.69, 9.17) is 0 Å². The third-order valence-electron chi connectivity index (χ3n) is 4.91. The van der Waals surface area contributed by atoms with E-state index in [1.165, 1.54) is 0 Å². The normalized spacial score (nSPS) is 11.0. The number of allylic oxidation sites excluding steroid dienone is 1. The van der Waals surface area contributed by atoms with E-state index in [2.05, 4.69) is 6.58 Å². The van der Waals surface area contributed by atoms with Crippen LogP contribution in [0.25, 0.3) is 16.7 Å². The zero-order chi connectivity index (χ0) is 19.7. The second kappa shape index (κ2) is 7.27. The number of likely N-dealkylation sites (N-methyl/N-ethyl adjacent to an activating group) is 1. The largest absolute Gasteiger partial charge is 0.340 e. The van der Waals surface area contributed by atoms with Gasteiger partial charge in [0.2, 0.25) is 5.91 Å². The van der Waals surface area contributed by atoms with Crippen molar-refractivity contribution in [3.8, 4) is 0 Å². The summed E-state index contributed by atoms with van der Waals surface area (Å²) in [6, 6.07) is 13.8. The minimum absolute atomic E-state index is 0.00144. The molecule has 0 bridgehead atoms. The predicted molar refractivity (Wildman–Crippen MR) is 110 cm³/mol. The van der Waals surface area contributed by atoms with Crippen LogP contribution < -0.4 is 5.69 Å². The molecule has 5 heteroatoms. The lowest BCUT2D eigenvalue weighted by molar-refractivity contribution is -0.131. The zero-order valence-corrected chi connectivity index (χ0v) is 16.3. The molecule has 3 aromatic rings. The van der Waals surface area contributed by atoms with Gasteiger partial charge in [0.15, 0.2) is 0 Å². The summed E-state index contributed by atoms with van der Waals surface area (Å²) in [5, 5.41) is 0. The van der Waals surface area contributed by atoms with Gasteiger partial charge in [0, 0.05) is 19.3 Å². The van der Waals surface area contributed by atoms with Crippen molar-refractivity contribution in [1.82, 2.24) is 14.0 Å². The van der Waals surface area contributed by atoms with Crippen LogP contribution in [-0.4, -0.2) is 27.0 Å². The summed E-state index contributed by atoms with van der Waals surface area (Å²) in [6.07, 6.45) is 0. The number of aromatic nitrogens is 2. The Morgan fingerprint density at radius 1 is 1.07 bits per heavy atom. The van der Waals surface area contributed by atoms with Crippen LogP contribution in [0.2, 0.25) is 0 Å². The van der Waals surface area contributed by atoms with Gasteiger partial charge >= 0.3 is 5.69 Å². The molecule has 1 aromatic heterocycles. The van der Waals surface area contributed by atoms with Gasteiger partial charge in [-0.2, -0.15) is 0 Å². The lowest BCUT2D eigenvalue weighted by atomic mass is 10.1. The highest BCUT2D eigenvalue weighted by molar-refractivity contribution is 5.84. The van der Waals surface area contributed by atoms with E-state index in [0.29, 0.717) is 12.2 Å².